The van der Waals surface area contributed by atoms with Crippen LogP contribution in [0.4, 0.5) is 0 Å². The van der Waals surface area contributed by atoms with Gasteiger partial charge in [0.25, 0.3) is 11.7 Å². The van der Waals surface area contributed by atoms with Crippen LogP contribution in [0.25, 0.3) is 5.76 Å². The van der Waals surface area contributed by atoms with Crippen LogP contribution in [0.3, 0.4) is 0 Å². The van der Waals surface area contributed by atoms with Crippen LogP contribution in [0, 0.1) is 13.8 Å². The number of benzene rings is 1. The summed E-state index contributed by atoms with van der Waals surface area (Å²) in [6, 6.07) is 7.25. The monoisotopic (exact) mass is 447 g/mol. The van der Waals surface area contributed by atoms with Gasteiger partial charge in [-0.3, -0.25) is 14.7 Å². The molecule has 0 aliphatic carbocycles. The summed E-state index contributed by atoms with van der Waals surface area (Å²) >= 11 is 0. The minimum Gasteiger partial charge on any atom is -0.507 e. The van der Waals surface area contributed by atoms with Crippen molar-refractivity contribution >= 4 is 17.4 Å². The number of ketones is 1. The van der Waals surface area contributed by atoms with Crippen molar-refractivity contribution in [1.82, 2.24) is 24.6 Å². The van der Waals surface area contributed by atoms with Crippen molar-refractivity contribution in [2.24, 2.45) is 0 Å². The van der Waals surface area contributed by atoms with Gasteiger partial charge in [0.1, 0.15) is 5.76 Å². The Balaban J connectivity index is 1.76. The Kier molecular flexibility index (Phi) is 6.18. The van der Waals surface area contributed by atoms with Crippen LogP contribution < -0.4 is 0 Å². The van der Waals surface area contributed by atoms with Crippen LogP contribution in [0.5, 0.6) is 0 Å². The number of hydrogen-bond donors (Lipinski definition) is 2. The molecule has 172 valence electrons. The molecule has 0 bridgehead atoms. The molecule has 0 saturated carbocycles. The average molecular weight is 448 g/mol. The van der Waals surface area contributed by atoms with Gasteiger partial charge >= 0.3 is 0 Å². The number of hydrogen-bond acceptors (Lipinski definition) is 5. The number of carbonyl (C=O) groups is 2. The molecule has 2 N–H and O–H groups in total. The van der Waals surface area contributed by atoms with Gasteiger partial charge in [-0.25, -0.2) is 4.98 Å². The van der Waals surface area contributed by atoms with Crippen LogP contribution in [-0.4, -0.2) is 48.0 Å². The molecule has 2 aromatic heterocycles. The molecule has 3 heterocycles. The number of aromatic nitrogens is 4. The van der Waals surface area contributed by atoms with Crippen LogP contribution >= 0.6 is 0 Å². The van der Waals surface area contributed by atoms with Crippen molar-refractivity contribution in [1.29, 1.82) is 0 Å². The molecular formula is C25H29N5O3. The zero-order valence-corrected chi connectivity index (χ0v) is 19.4. The lowest BCUT2D eigenvalue weighted by molar-refractivity contribution is -0.139. The highest BCUT2D eigenvalue weighted by molar-refractivity contribution is 6.46. The number of aromatic amines is 1. The third-order valence-electron chi connectivity index (χ3n) is 6.20. The number of aliphatic hydroxyl groups excluding tert-OH is 1. The predicted molar refractivity (Wildman–Crippen MR) is 124 cm³/mol. The summed E-state index contributed by atoms with van der Waals surface area (Å²) in [7, 11) is 0. The molecule has 1 fully saturated rings. The fraction of sp³-hybridized carbons (Fsp3) is 0.360. The Morgan fingerprint density at radius 1 is 1.15 bits per heavy atom. The second-order valence-corrected chi connectivity index (χ2v) is 8.78. The number of amides is 1. The Hall–Kier alpha value is -3.68. The van der Waals surface area contributed by atoms with E-state index in [1.54, 1.807) is 31.3 Å². The summed E-state index contributed by atoms with van der Waals surface area (Å²) in [6.45, 7) is 8.81. The van der Waals surface area contributed by atoms with Crippen molar-refractivity contribution in [3.05, 3.63) is 76.6 Å². The van der Waals surface area contributed by atoms with E-state index in [-0.39, 0.29) is 11.3 Å². The maximum atomic E-state index is 13.2. The Morgan fingerprint density at radius 2 is 1.88 bits per heavy atom. The van der Waals surface area contributed by atoms with E-state index < -0.39 is 17.7 Å². The number of carbonyl (C=O) groups excluding carboxylic acids is 2. The fourth-order valence-corrected chi connectivity index (χ4v) is 4.40. The number of nitrogens with one attached hydrogen (secondary N) is 1. The summed E-state index contributed by atoms with van der Waals surface area (Å²) < 4.78 is 1.93. The molecule has 4 rings (SSSR count). The highest BCUT2D eigenvalue weighted by atomic mass is 16.3. The molecule has 1 aliphatic heterocycles. The van der Waals surface area contributed by atoms with E-state index >= 15 is 0 Å². The van der Waals surface area contributed by atoms with E-state index in [0.717, 1.165) is 11.1 Å². The molecule has 33 heavy (non-hydrogen) atoms. The summed E-state index contributed by atoms with van der Waals surface area (Å²) in [6.07, 6.45) is 5.94. The Labute approximate surface area is 193 Å². The third-order valence-corrected chi connectivity index (χ3v) is 6.20. The van der Waals surface area contributed by atoms with Gasteiger partial charge in [-0.15, -0.1) is 0 Å². The zero-order chi connectivity index (χ0) is 23.7. The van der Waals surface area contributed by atoms with E-state index in [4.69, 9.17) is 0 Å². The van der Waals surface area contributed by atoms with Crippen LogP contribution in [0.1, 0.15) is 60.3 Å². The third kappa shape index (κ3) is 4.20. The first kappa shape index (κ1) is 22.5. The summed E-state index contributed by atoms with van der Waals surface area (Å²) in [4.78, 5) is 31.9. The molecule has 1 amide bonds. The van der Waals surface area contributed by atoms with Gasteiger partial charge in [0.2, 0.25) is 0 Å². The minimum atomic E-state index is -0.673. The standard InChI is InChI=1S/C25H29N5O3/c1-15(2)18-6-8-19(9-7-18)22-21(23(31)20-16(3)27-28-17(20)4)24(32)25(33)30(22)12-5-11-29-13-10-26-14-29/h6-10,13-15,22,31H,5,11-12H2,1-4H3,(H,27,28)/b23-21+. The molecule has 0 radical (unpaired) electrons. The minimum absolute atomic E-state index is 0.104. The number of imidazole rings is 1. The molecule has 1 atom stereocenters. The number of aliphatic hydroxyl groups is 1. The molecule has 1 aliphatic rings. The number of rotatable bonds is 7. The summed E-state index contributed by atoms with van der Waals surface area (Å²) in [5, 5.41) is 18.2. The molecule has 1 aromatic carbocycles. The molecular weight excluding hydrogens is 418 g/mol. The predicted octanol–water partition coefficient (Wildman–Crippen LogP) is 3.86. The highest BCUT2D eigenvalue weighted by Gasteiger charge is 2.46. The Bertz CT molecular complexity index is 1170. The number of H-pyrrole nitrogens is 1. The second-order valence-electron chi connectivity index (χ2n) is 8.78. The maximum absolute atomic E-state index is 13.2. The van der Waals surface area contributed by atoms with Gasteiger partial charge in [-0.05, 0) is 37.3 Å². The van der Waals surface area contributed by atoms with E-state index in [9.17, 15) is 14.7 Å². The first-order valence-electron chi connectivity index (χ1n) is 11.2. The molecule has 3 aromatic rings. The fourth-order valence-electron chi connectivity index (χ4n) is 4.40. The highest BCUT2D eigenvalue weighted by Crippen LogP contribution is 2.40. The lowest BCUT2D eigenvalue weighted by Gasteiger charge is -2.25. The van der Waals surface area contributed by atoms with E-state index in [1.807, 2.05) is 35.0 Å². The van der Waals surface area contributed by atoms with E-state index in [1.165, 1.54) is 0 Å². The van der Waals surface area contributed by atoms with E-state index in [0.29, 0.717) is 42.4 Å². The lowest BCUT2D eigenvalue weighted by atomic mass is 9.93. The first-order valence-corrected chi connectivity index (χ1v) is 11.2. The van der Waals surface area contributed by atoms with Crippen molar-refractivity contribution < 1.29 is 14.7 Å². The van der Waals surface area contributed by atoms with Crippen LogP contribution in [-0.2, 0) is 16.1 Å². The maximum Gasteiger partial charge on any atom is 0.295 e. The number of likely N-dealkylation sites (tertiary alicyclic amines) is 1. The van der Waals surface area contributed by atoms with E-state index in [2.05, 4.69) is 29.0 Å². The second kappa shape index (κ2) is 9.05. The van der Waals surface area contributed by atoms with Crippen molar-refractivity contribution in [2.45, 2.75) is 52.6 Å². The topological polar surface area (TPSA) is 104 Å². The Morgan fingerprint density at radius 3 is 2.45 bits per heavy atom. The molecule has 1 unspecified atom stereocenters. The number of nitrogens with zero attached hydrogens (tertiary/aromatic N) is 4. The molecule has 8 heteroatoms. The van der Waals surface area contributed by atoms with Crippen molar-refractivity contribution in [3.63, 3.8) is 0 Å². The quantitative estimate of drug-likeness (QED) is 0.325. The largest absolute Gasteiger partial charge is 0.507 e. The van der Waals surface area contributed by atoms with Crippen molar-refractivity contribution in [3.8, 4) is 0 Å². The zero-order valence-electron chi connectivity index (χ0n) is 19.4. The normalized spacial score (nSPS) is 18.0. The molecule has 1 saturated heterocycles. The molecule has 0 spiro atoms. The van der Waals surface area contributed by atoms with Gasteiger partial charge in [0.05, 0.1) is 29.2 Å². The van der Waals surface area contributed by atoms with Crippen LogP contribution in [0.15, 0.2) is 48.6 Å². The van der Waals surface area contributed by atoms with Gasteiger partial charge < -0.3 is 14.6 Å². The van der Waals surface area contributed by atoms with Crippen molar-refractivity contribution in [2.75, 3.05) is 6.54 Å². The van der Waals surface area contributed by atoms with Gasteiger partial charge in [0, 0.05) is 31.2 Å². The SMILES string of the molecule is Cc1n[nH]c(C)c1/C(O)=C1\C(=O)C(=O)N(CCCn2ccnc2)C1c1ccc(C(C)C)cc1. The average Bonchev–Trinajstić information content (AvgIpc) is 3.49. The smallest absolute Gasteiger partial charge is 0.295 e. The summed E-state index contributed by atoms with van der Waals surface area (Å²) in [5.41, 5.74) is 3.75. The first-order chi connectivity index (χ1) is 15.8. The lowest BCUT2D eigenvalue weighted by Crippen LogP contribution is -2.31. The van der Waals surface area contributed by atoms with Gasteiger partial charge in [-0.1, -0.05) is 38.1 Å². The number of Topliss-reactive ketones (excluding diaryl/α,β-unsaturated/α-hetero) is 1. The number of aryl methyl sites for hydroxylation is 3. The van der Waals surface area contributed by atoms with Gasteiger partial charge in [-0.2, -0.15) is 5.10 Å². The van der Waals surface area contributed by atoms with Crippen LogP contribution in [0.2, 0.25) is 0 Å². The summed E-state index contributed by atoms with van der Waals surface area (Å²) in [5.74, 6) is -1.10. The van der Waals surface area contributed by atoms with Gasteiger partial charge in [0.15, 0.2) is 0 Å². The molecule has 8 nitrogen and oxygen atoms in total.